The van der Waals surface area contributed by atoms with Crippen LogP contribution >= 0.6 is 0 Å². The zero-order chi connectivity index (χ0) is 9.02. The quantitative estimate of drug-likeness (QED) is 0.616. The normalized spacial score (nSPS) is 12.7. The number of ether oxygens (including phenoxy) is 1. The Morgan fingerprint density at radius 1 is 1.27 bits per heavy atom. The fourth-order valence-electron chi connectivity index (χ4n) is 0.361. The van der Waals surface area contributed by atoms with Crippen LogP contribution in [0, 0.1) is 5.92 Å². The van der Waals surface area contributed by atoms with Crippen molar-refractivity contribution >= 4 is 11.9 Å². The molecule has 64 valence electrons. The number of hydrogen-bond donors (Lipinski definition) is 1. The molecular formula is C7H12O4. The van der Waals surface area contributed by atoms with Crippen molar-refractivity contribution in [2.45, 2.75) is 26.9 Å². The van der Waals surface area contributed by atoms with Crippen LogP contribution in [0.25, 0.3) is 0 Å². The van der Waals surface area contributed by atoms with Crippen LogP contribution in [0.15, 0.2) is 0 Å². The van der Waals surface area contributed by atoms with E-state index in [-0.39, 0.29) is 5.92 Å². The van der Waals surface area contributed by atoms with Crippen LogP contribution in [0.1, 0.15) is 20.8 Å². The Morgan fingerprint density at radius 3 is 2.00 bits per heavy atom. The zero-order valence-corrected chi connectivity index (χ0v) is 6.83. The summed E-state index contributed by atoms with van der Waals surface area (Å²) in [4.78, 5) is 21.0. The number of rotatable bonds is 3. The number of carboxylic acid groups (broad SMARTS) is 1. The van der Waals surface area contributed by atoms with Crippen LogP contribution in [0.3, 0.4) is 0 Å². The molecule has 0 aliphatic carbocycles. The second kappa shape index (κ2) is 3.95. The second-order valence-corrected chi connectivity index (χ2v) is 2.57. The van der Waals surface area contributed by atoms with Gasteiger partial charge in [0.25, 0.3) is 0 Å². The maximum absolute atomic E-state index is 10.8. The van der Waals surface area contributed by atoms with E-state index in [9.17, 15) is 9.59 Å². The molecule has 0 amide bonds. The van der Waals surface area contributed by atoms with Gasteiger partial charge in [-0.15, -0.1) is 0 Å². The van der Waals surface area contributed by atoms with E-state index < -0.39 is 18.0 Å². The van der Waals surface area contributed by atoms with Crippen molar-refractivity contribution in [1.29, 1.82) is 0 Å². The molecule has 0 heterocycles. The Labute approximate surface area is 65.2 Å². The minimum absolute atomic E-state index is 0.281. The summed E-state index contributed by atoms with van der Waals surface area (Å²) in [5.74, 6) is -1.89. The van der Waals surface area contributed by atoms with Gasteiger partial charge in [0, 0.05) is 0 Å². The van der Waals surface area contributed by atoms with Crippen LogP contribution in [-0.4, -0.2) is 23.1 Å². The third kappa shape index (κ3) is 3.60. The smallest absolute Gasteiger partial charge is 0.344 e. The van der Waals surface area contributed by atoms with E-state index in [0.29, 0.717) is 0 Å². The van der Waals surface area contributed by atoms with Crippen LogP contribution < -0.4 is 0 Å². The number of esters is 1. The molecule has 4 heteroatoms. The molecule has 0 saturated heterocycles. The van der Waals surface area contributed by atoms with Crippen molar-refractivity contribution in [2.24, 2.45) is 5.92 Å². The topological polar surface area (TPSA) is 63.6 Å². The summed E-state index contributed by atoms with van der Waals surface area (Å²) in [6, 6.07) is 0. The Hall–Kier alpha value is -1.06. The lowest BCUT2D eigenvalue weighted by Crippen LogP contribution is -2.25. The predicted octanol–water partition coefficient (Wildman–Crippen LogP) is 0.659. The number of carbonyl (C=O) groups excluding carboxylic acids is 1. The van der Waals surface area contributed by atoms with Crippen molar-refractivity contribution in [2.75, 3.05) is 0 Å². The second-order valence-electron chi connectivity index (χ2n) is 2.57. The molecular weight excluding hydrogens is 148 g/mol. The van der Waals surface area contributed by atoms with Gasteiger partial charge in [-0.25, -0.2) is 4.79 Å². The van der Waals surface area contributed by atoms with Gasteiger partial charge in [-0.1, -0.05) is 13.8 Å². The van der Waals surface area contributed by atoms with Crippen molar-refractivity contribution in [3.05, 3.63) is 0 Å². The van der Waals surface area contributed by atoms with Crippen LogP contribution in [0.2, 0.25) is 0 Å². The maximum atomic E-state index is 10.8. The molecule has 0 radical (unpaired) electrons. The molecule has 0 aliphatic heterocycles. The Bertz CT molecular complexity index is 162. The van der Waals surface area contributed by atoms with Crippen molar-refractivity contribution in [3.63, 3.8) is 0 Å². The summed E-state index contributed by atoms with van der Waals surface area (Å²) in [6.45, 7) is 4.62. The predicted molar refractivity (Wildman–Crippen MR) is 38.0 cm³/mol. The summed E-state index contributed by atoms with van der Waals surface area (Å²) in [6.07, 6.45) is -1.05. The fraction of sp³-hybridized carbons (Fsp3) is 0.714. The number of carbonyl (C=O) groups is 2. The lowest BCUT2D eigenvalue weighted by Gasteiger charge is -2.09. The van der Waals surface area contributed by atoms with Gasteiger partial charge in [0.15, 0.2) is 6.10 Å². The molecule has 0 fully saturated rings. The van der Waals surface area contributed by atoms with E-state index in [1.54, 1.807) is 13.8 Å². The lowest BCUT2D eigenvalue weighted by molar-refractivity contribution is -0.164. The SMILES string of the molecule is CC(C)C(=O)O[C@H](C)C(=O)O. The van der Waals surface area contributed by atoms with Gasteiger partial charge in [0.2, 0.25) is 0 Å². The first-order chi connectivity index (χ1) is 4.95. The first-order valence-corrected chi connectivity index (χ1v) is 3.38. The Kier molecular flexibility index (Phi) is 3.57. The molecule has 1 atom stereocenters. The van der Waals surface area contributed by atoms with Crippen molar-refractivity contribution in [1.82, 2.24) is 0 Å². The Balaban J connectivity index is 3.85. The third-order valence-corrected chi connectivity index (χ3v) is 1.11. The third-order valence-electron chi connectivity index (χ3n) is 1.11. The average molecular weight is 160 g/mol. The number of hydrogen-bond acceptors (Lipinski definition) is 3. The molecule has 11 heavy (non-hydrogen) atoms. The van der Waals surface area contributed by atoms with Crippen LogP contribution in [0.4, 0.5) is 0 Å². The van der Waals surface area contributed by atoms with Gasteiger partial charge in [-0.2, -0.15) is 0 Å². The van der Waals surface area contributed by atoms with Gasteiger partial charge in [-0.3, -0.25) is 4.79 Å². The highest BCUT2D eigenvalue weighted by Gasteiger charge is 2.17. The Morgan fingerprint density at radius 2 is 1.73 bits per heavy atom. The highest BCUT2D eigenvalue weighted by molar-refractivity contribution is 5.78. The van der Waals surface area contributed by atoms with Gasteiger partial charge in [0.1, 0.15) is 0 Å². The molecule has 0 rings (SSSR count). The van der Waals surface area contributed by atoms with Crippen molar-refractivity contribution in [3.8, 4) is 0 Å². The van der Waals surface area contributed by atoms with E-state index >= 15 is 0 Å². The number of carboxylic acids is 1. The highest BCUT2D eigenvalue weighted by atomic mass is 16.6. The highest BCUT2D eigenvalue weighted by Crippen LogP contribution is 1.99. The lowest BCUT2D eigenvalue weighted by atomic mass is 10.2. The average Bonchev–Trinajstić information content (AvgIpc) is 1.87. The molecule has 0 aliphatic rings. The van der Waals surface area contributed by atoms with E-state index in [2.05, 4.69) is 4.74 Å². The van der Waals surface area contributed by atoms with Gasteiger partial charge >= 0.3 is 11.9 Å². The molecule has 0 aromatic carbocycles. The first kappa shape index (κ1) is 9.94. The number of aliphatic carboxylic acids is 1. The molecule has 0 unspecified atom stereocenters. The monoisotopic (exact) mass is 160 g/mol. The summed E-state index contributed by atoms with van der Waals surface area (Å²) < 4.78 is 4.53. The minimum atomic E-state index is -1.13. The summed E-state index contributed by atoms with van der Waals surface area (Å²) in [5.41, 5.74) is 0. The van der Waals surface area contributed by atoms with Gasteiger partial charge in [0.05, 0.1) is 5.92 Å². The van der Waals surface area contributed by atoms with Crippen molar-refractivity contribution < 1.29 is 19.4 Å². The van der Waals surface area contributed by atoms with E-state index in [4.69, 9.17) is 5.11 Å². The first-order valence-electron chi connectivity index (χ1n) is 3.38. The van der Waals surface area contributed by atoms with Crippen LogP contribution in [0.5, 0.6) is 0 Å². The maximum Gasteiger partial charge on any atom is 0.344 e. The molecule has 0 bridgehead atoms. The molecule has 4 nitrogen and oxygen atoms in total. The summed E-state index contributed by atoms with van der Waals surface area (Å²) >= 11 is 0. The molecule has 0 aromatic rings. The van der Waals surface area contributed by atoms with Crippen LogP contribution in [-0.2, 0) is 14.3 Å². The minimum Gasteiger partial charge on any atom is -0.479 e. The largest absolute Gasteiger partial charge is 0.479 e. The molecule has 0 aromatic heterocycles. The standard InChI is InChI=1S/C7H12O4/c1-4(2)7(10)11-5(3)6(8)9/h4-5H,1-3H3,(H,8,9)/t5-/m1/s1. The van der Waals surface area contributed by atoms with E-state index in [1.165, 1.54) is 6.92 Å². The van der Waals surface area contributed by atoms with E-state index in [0.717, 1.165) is 0 Å². The summed E-state index contributed by atoms with van der Waals surface area (Å²) in [5, 5.41) is 8.34. The van der Waals surface area contributed by atoms with Gasteiger partial charge in [-0.05, 0) is 6.92 Å². The van der Waals surface area contributed by atoms with E-state index in [1.807, 2.05) is 0 Å². The van der Waals surface area contributed by atoms with Gasteiger partial charge < -0.3 is 9.84 Å². The zero-order valence-electron chi connectivity index (χ0n) is 6.83. The molecule has 0 saturated carbocycles. The summed E-state index contributed by atoms with van der Waals surface area (Å²) in [7, 11) is 0. The fourth-order valence-corrected chi connectivity index (χ4v) is 0.361. The molecule has 1 N–H and O–H groups in total. The molecule has 0 spiro atoms.